The van der Waals surface area contributed by atoms with Crippen LogP contribution < -0.4 is 20.1 Å². The van der Waals surface area contributed by atoms with E-state index in [9.17, 15) is 24.6 Å². The number of carboxylic acid groups (broad SMARTS) is 1. The molecule has 9 heteroatoms. The first-order valence-electron chi connectivity index (χ1n) is 10.3. The highest BCUT2D eigenvalue weighted by molar-refractivity contribution is 6.10. The molecule has 1 amide bonds. The molecule has 1 aromatic heterocycles. The van der Waals surface area contributed by atoms with Gasteiger partial charge in [0.05, 0.1) is 19.0 Å². The van der Waals surface area contributed by atoms with Crippen molar-refractivity contribution >= 4 is 34.2 Å². The van der Waals surface area contributed by atoms with Crippen LogP contribution in [0.5, 0.6) is 11.5 Å². The number of hydrogen-bond donors (Lipinski definition) is 2. The molecular formula is C24H27N3O6. The summed E-state index contributed by atoms with van der Waals surface area (Å²) in [6.45, 7) is 2.08. The molecule has 0 bridgehead atoms. The van der Waals surface area contributed by atoms with Crippen molar-refractivity contribution in [3.05, 3.63) is 57.9 Å². The zero-order chi connectivity index (χ0) is 24.4. The Kier molecular flexibility index (Phi) is 6.62. The Morgan fingerprint density at radius 2 is 1.79 bits per heavy atom. The van der Waals surface area contributed by atoms with Gasteiger partial charge >= 0.3 is 5.97 Å². The molecule has 0 unspecified atom stereocenters. The van der Waals surface area contributed by atoms with E-state index in [0.29, 0.717) is 34.4 Å². The highest BCUT2D eigenvalue weighted by atomic mass is 16.5. The molecule has 0 aliphatic heterocycles. The third kappa shape index (κ3) is 4.34. The second-order valence-corrected chi connectivity index (χ2v) is 7.80. The monoisotopic (exact) mass is 453 g/mol. The Hall–Kier alpha value is -4.01. The summed E-state index contributed by atoms with van der Waals surface area (Å²) in [6.07, 6.45) is -0.348. The summed E-state index contributed by atoms with van der Waals surface area (Å²) in [7, 11) is 6.59. The Morgan fingerprint density at radius 1 is 1.09 bits per heavy atom. The van der Waals surface area contributed by atoms with Crippen LogP contribution in [-0.4, -0.2) is 54.9 Å². The number of aliphatic carboxylic acids is 1. The van der Waals surface area contributed by atoms with Crippen LogP contribution in [0.25, 0.3) is 10.9 Å². The zero-order valence-corrected chi connectivity index (χ0v) is 19.2. The lowest BCUT2D eigenvalue weighted by molar-refractivity contribution is -0.136. The van der Waals surface area contributed by atoms with Gasteiger partial charge in [-0.05, 0) is 48.9 Å². The Labute approximate surface area is 191 Å². The number of benzene rings is 2. The SMILES string of the molecule is CCn1c(=O)c(C(=O)N(C)c2ccc(OC)cc2CC(=O)O)c(O)c2cc(N(C)C)ccc21. The molecule has 3 rings (SSSR count). The fourth-order valence-corrected chi connectivity index (χ4v) is 3.81. The number of aromatic nitrogens is 1. The molecule has 0 fully saturated rings. The molecule has 33 heavy (non-hydrogen) atoms. The van der Waals surface area contributed by atoms with Crippen molar-refractivity contribution in [1.29, 1.82) is 0 Å². The lowest BCUT2D eigenvalue weighted by Crippen LogP contribution is -2.35. The number of fused-ring (bicyclic) bond motifs is 1. The smallest absolute Gasteiger partial charge is 0.307 e. The molecule has 0 radical (unpaired) electrons. The third-order valence-corrected chi connectivity index (χ3v) is 5.56. The maximum Gasteiger partial charge on any atom is 0.307 e. The number of carbonyl (C=O) groups excluding carboxylic acids is 1. The van der Waals surface area contributed by atoms with Crippen LogP contribution >= 0.6 is 0 Å². The number of anilines is 2. The predicted octanol–water partition coefficient (Wildman–Crippen LogP) is 2.71. The van der Waals surface area contributed by atoms with Gasteiger partial charge in [0.25, 0.3) is 11.5 Å². The first-order valence-corrected chi connectivity index (χ1v) is 10.3. The Balaban J connectivity index is 2.21. The molecule has 0 aliphatic carbocycles. The van der Waals surface area contributed by atoms with E-state index < -0.39 is 23.2 Å². The quantitative estimate of drug-likeness (QED) is 0.566. The van der Waals surface area contributed by atoms with Gasteiger partial charge in [0.1, 0.15) is 17.1 Å². The summed E-state index contributed by atoms with van der Waals surface area (Å²) in [4.78, 5) is 41.1. The highest BCUT2D eigenvalue weighted by Gasteiger charge is 2.27. The second kappa shape index (κ2) is 9.23. The molecule has 2 aromatic carbocycles. The molecule has 0 aliphatic rings. The van der Waals surface area contributed by atoms with Crippen LogP contribution in [0.1, 0.15) is 22.8 Å². The summed E-state index contributed by atoms with van der Waals surface area (Å²) < 4.78 is 6.60. The molecular weight excluding hydrogens is 426 g/mol. The molecule has 0 saturated heterocycles. The van der Waals surface area contributed by atoms with Gasteiger partial charge in [0.2, 0.25) is 0 Å². The normalized spacial score (nSPS) is 10.8. The Morgan fingerprint density at radius 3 is 2.36 bits per heavy atom. The van der Waals surface area contributed by atoms with Crippen LogP contribution in [0.4, 0.5) is 11.4 Å². The van der Waals surface area contributed by atoms with Crippen LogP contribution in [-0.2, 0) is 17.8 Å². The molecule has 3 aromatic rings. The van der Waals surface area contributed by atoms with Crippen molar-refractivity contribution in [2.24, 2.45) is 0 Å². The number of nitrogens with zero attached hydrogens (tertiary/aromatic N) is 3. The van der Waals surface area contributed by atoms with E-state index in [1.54, 1.807) is 31.2 Å². The van der Waals surface area contributed by atoms with Crippen molar-refractivity contribution < 1.29 is 24.5 Å². The molecule has 2 N–H and O–H groups in total. The van der Waals surface area contributed by atoms with Gasteiger partial charge in [-0.25, -0.2) is 0 Å². The first-order chi connectivity index (χ1) is 15.6. The van der Waals surface area contributed by atoms with Crippen LogP contribution in [0.3, 0.4) is 0 Å². The lowest BCUT2D eigenvalue weighted by atomic mass is 10.1. The number of aromatic hydroxyl groups is 1. The first kappa shape index (κ1) is 23.6. The average molecular weight is 453 g/mol. The van der Waals surface area contributed by atoms with E-state index in [-0.39, 0.29) is 12.0 Å². The number of amides is 1. The number of carbonyl (C=O) groups is 2. The van der Waals surface area contributed by atoms with Crippen molar-refractivity contribution in [3.8, 4) is 11.5 Å². The maximum absolute atomic E-state index is 13.5. The highest BCUT2D eigenvalue weighted by Crippen LogP contribution is 2.32. The van der Waals surface area contributed by atoms with E-state index in [4.69, 9.17) is 4.74 Å². The number of ether oxygens (including phenoxy) is 1. The van der Waals surface area contributed by atoms with Crippen molar-refractivity contribution in [2.75, 3.05) is 38.1 Å². The third-order valence-electron chi connectivity index (χ3n) is 5.56. The van der Waals surface area contributed by atoms with Gasteiger partial charge in [-0.3, -0.25) is 14.4 Å². The van der Waals surface area contributed by atoms with Gasteiger partial charge in [0.15, 0.2) is 0 Å². The van der Waals surface area contributed by atoms with Crippen LogP contribution in [0, 0.1) is 0 Å². The summed E-state index contributed by atoms with van der Waals surface area (Å²) in [6, 6.07) is 9.96. The minimum absolute atomic E-state index is 0.298. The number of methoxy groups -OCH3 is 1. The van der Waals surface area contributed by atoms with E-state index in [2.05, 4.69) is 0 Å². The molecule has 0 atom stereocenters. The molecule has 174 valence electrons. The number of carboxylic acids is 1. The average Bonchev–Trinajstić information content (AvgIpc) is 2.78. The summed E-state index contributed by atoms with van der Waals surface area (Å²) in [5.74, 6) is -1.79. The summed E-state index contributed by atoms with van der Waals surface area (Å²) in [5, 5.41) is 20.7. The largest absolute Gasteiger partial charge is 0.506 e. The predicted molar refractivity (Wildman–Crippen MR) is 127 cm³/mol. The van der Waals surface area contributed by atoms with Crippen molar-refractivity contribution in [1.82, 2.24) is 4.57 Å². The van der Waals surface area contributed by atoms with E-state index >= 15 is 0 Å². The fraction of sp³-hybridized carbons (Fsp3) is 0.292. The standard InChI is InChI=1S/C24H27N3O6/c1-6-27-19-9-7-15(25(2)3)13-17(19)22(30)21(24(27)32)23(31)26(4)18-10-8-16(33-5)11-14(18)12-20(28)29/h7-11,13,30H,6,12H2,1-5H3,(H,28,29). The summed E-state index contributed by atoms with van der Waals surface area (Å²) in [5.41, 5.74) is 0.951. The molecule has 1 heterocycles. The zero-order valence-electron chi connectivity index (χ0n) is 19.2. The topological polar surface area (TPSA) is 112 Å². The van der Waals surface area contributed by atoms with E-state index in [1.807, 2.05) is 25.1 Å². The molecule has 9 nitrogen and oxygen atoms in total. The summed E-state index contributed by atoms with van der Waals surface area (Å²) >= 11 is 0. The van der Waals surface area contributed by atoms with Gasteiger partial charge in [-0.15, -0.1) is 0 Å². The lowest BCUT2D eigenvalue weighted by Gasteiger charge is -2.22. The van der Waals surface area contributed by atoms with Crippen molar-refractivity contribution in [3.63, 3.8) is 0 Å². The van der Waals surface area contributed by atoms with Gasteiger partial charge < -0.3 is 29.3 Å². The van der Waals surface area contributed by atoms with E-state index in [0.717, 1.165) is 5.69 Å². The van der Waals surface area contributed by atoms with Crippen LogP contribution in [0.15, 0.2) is 41.2 Å². The minimum Gasteiger partial charge on any atom is -0.506 e. The van der Waals surface area contributed by atoms with E-state index in [1.165, 1.54) is 29.7 Å². The molecule has 0 spiro atoms. The van der Waals surface area contributed by atoms with Gasteiger partial charge in [0, 0.05) is 44.4 Å². The fourth-order valence-electron chi connectivity index (χ4n) is 3.81. The minimum atomic E-state index is -1.08. The number of hydrogen-bond acceptors (Lipinski definition) is 6. The van der Waals surface area contributed by atoms with Gasteiger partial charge in [-0.2, -0.15) is 0 Å². The molecule has 0 saturated carbocycles. The van der Waals surface area contributed by atoms with Gasteiger partial charge in [-0.1, -0.05) is 0 Å². The second-order valence-electron chi connectivity index (χ2n) is 7.80. The Bertz CT molecular complexity index is 1300. The number of rotatable bonds is 7. The number of pyridine rings is 1. The van der Waals surface area contributed by atoms with Crippen LogP contribution in [0.2, 0.25) is 0 Å². The van der Waals surface area contributed by atoms with Crippen molar-refractivity contribution in [2.45, 2.75) is 19.9 Å². The maximum atomic E-state index is 13.5. The number of aryl methyl sites for hydroxylation is 1.